The molecule has 0 aliphatic heterocycles. The van der Waals surface area contributed by atoms with Gasteiger partial charge in [0, 0.05) is 17.8 Å². The SMILES string of the molecule is CC(C)(C)OC(=O)N=S(=O)(NC(=O)c1cncc2ccccc12)c1ccccc1. The molecule has 0 spiro atoms. The smallest absolute Gasteiger partial charge is 0.442 e. The minimum Gasteiger partial charge on any atom is -0.442 e. The summed E-state index contributed by atoms with van der Waals surface area (Å²) in [5.41, 5.74) is -0.590. The van der Waals surface area contributed by atoms with Gasteiger partial charge in [0.25, 0.3) is 5.91 Å². The number of benzene rings is 2. The van der Waals surface area contributed by atoms with Gasteiger partial charge < -0.3 is 4.74 Å². The van der Waals surface area contributed by atoms with E-state index < -0.39 is 27.5 Å². The molecule has 1 N–H and O–H groups in total. The summed E-state index contributed by atoms with van der Waals surface area (Å²) in [6, 6.07) is 15.3. The van der Waals surface area contributed by atoms with Gasteiger partial charge in [0.05, 0.1) is 10.5 Å². The van der Waals surface area contributed by atoms with Gasteiger partial charge in [-0.05, 0) is 38.3 Å². The summed E-state index contributed by atoms with van der Waals surface area (Å²) in [5.74, 6) is -0.657. The molecule has 1 atom stereocenters. The van der Waals surface area contributed by atoms with Crippen molar-refractivity contribution in [3.8, 4) is 0 Å². The largest absolute Gasteiger partial charge is 0.444 e. The van der Waals surface area contributed by atoms with Gasteiger partial charge in [0.2, 0.25) is 0 Å². The van der Waals surface area contributed by atoms with E-state index in [1.165, 1.54) is 18.3 Å². The molecule has 1 heterocycles. The number of ether oxygens (including phenoxy) is 1. The Morgan fingerprint density at radius 1 is 1.00 bits per heavy atom. The normalized spacial score (nSPS) is 13.3. The van der Waals surface area contributed by atoms with Gasteiger partial charge in [-0.25, -0.2) is 9.00 Å². The number of aromatic nitrogens is 1. The summed E-state index contributed by atoms with van der Waals surface area (Å²) in [5, 5.41) is 1.41. The molecule has 0 bridgehead atoms. The summed E-state index contributed by atoms with van der Waals surface area (Å²) in [4.78, 5) is 29.5. The highest BCUT2D eigenvalue weighted by Crippen LogP contribution is 2.19. The summed E-state index contributed by atoms with van der Waals surface area (Å²) in [7, 11) is -3.63. The molecule has 0 aliphatic carbocycles. The van der Waals surface area contributed by atoms with E-state index in [-0.39, 0.29) is 10.5 Å². The third-order valence-electron chi connectivity index (χ3n) is 3.80. The van der Waals surface area contributed by atoms with Crippen molar-refractivity contribution in [3.05, 3.63) is 72.6 Å². The predicted molar refractivity (Wildman–Crippen MR) is 111 cm³/mol. The van der Waals surface area contributed by atoms with Crippen molar-refractivity contribution in [2.45, 2.75) is 31.3 Å². The van der Waals surface area contributed by atoms with Crippen LogP contribution in [0.3, 0.4) is 0 Å². The van der Waals surface area contributed by atoms with Crippen molar-refractivity contribution in [2.75, 3.05) is 0 Å². The number of hydrogen-bond donors (Lipinski definition) is 1. The number of nitrogens with zero attached hydrogens (tertiary/aromatic N) is 2. The molecule has 2 amide bonds. The lowest BCUT2D eigenvalue weighted by atomic mass is 10.1. The minimum atomic E-state index is -3.63. The average molecular weight is 411 g/mol. The van der Waals surface area contributed by atoms with E-state index in [4.69, 9.17) is 4.74 Å². The first-order valence-electron chi connectivity index (χ1n) is 8.88. The zero-order valence-corrected chi connectivity index (χ0v) is 17.1. The number of amides is 2. The maximum absolute atomic E-state index is 13.6. The zero-order chi connectivity index (χ0) is 21.1. The van der Waals surface area contributed by atoms with Crippen LogP contribution in [0.5, 0.6) is 0 Å². The number of carbonyl (C=O) groups is 2. The minimum absolute atomic E-state index is 0.187. The highest BCUT2D eigenvalue weighted by Gasteiger charge is 2.23. The Labute approximate surface area is 169 Å². The Kier molecular flexibility index (Phi) is 5.65. The first-order valence-corrected chi connectivity index (χ1v) is 10.4. The van der Waals surface area contributed by atoms with Crippen LogP contribution in [0.2, 0.25) is 0 Å². The molecule has 8 heteroatoms. The van der Waals surface area contributed by atoms with Gasteiger partial charge in [-0.2, -0.15) is 0 Å². The fourth-order valence-corrected chi connectivity index (χ4v) is 4.01. The van der Waals surface area contributed by atoms with E-state index in [9.17, 15) is 13.8 Å². The summed E-state index contributed by atoms with van der Waals surface area (Å²) in [6.45, 7) is 5.02. The van der Waals surface area contributed by atoms with Crippen LogP contribution in [0.25, 0.3) is 10.8 Å². The second-order valence-electron chi connectivity index (χ2n) is 7.25. The zero-order valence-electron chi connectivity index (χ0n) is 16.3. The van der Waals surface area contributed by atoms with Crippen LogP contribution in [0, 0.1) is 0 Å². The van der Waals surface area contributed by atoms with E-state index in [0.717, 1.165) is 5.39 Å². The van der Waals surface area contributed by atoms with Crippen LogP contribution >= 0.6 is 0 Å². The van der Waals surface area contributed by atoms with Gasteiger partial charge >= 0.3 is 6.09 Å². The van der Waals surface area contributed by atoms with Crippen molar-refractivity contribution in [2.24, 2.45) is 4.36 Å². The van der Waals surface area contributed by atoms with E-state index in [2.05, 4.69) is 14.1 Å². The highest BCUT2D eigenvalue weighted by atomic mass is 32.2. The number of fused-ring (bicyclic) bond motifs is 1. The van der Waals surface area contributed by atoms with Crippen LogP contribution in [0.4, 0.5) is 4.79 Å². The number of rotatable bonds is 3. The standard InChI is InChI=1S/C21H21N3O4S/c1-21(2,3)28-20(26)24-29(27,16-10-5-4-6-11-16)23-19(25)18-14-22-13-15-9-7-8-12-17(15)18/h4-14H,1-3H3,(H,23,24,25,26,27). The van der Waals surface area contributed by atoms with E-state index in [1.54, 1.807) is 57.3 Å². The molecule has 7 nitrogen and oxygen atoms in total. The lowest BCUT2D eigenvalue weighted by Crippen LogP contribution is -2.32. The molecule has 3 aromatic rings. The average Bonchev–Trinajstić information content (AvgIpc) is 2.66. The molecular weight excluding hydrogens is 390 g/mol. The van der Waals surface area contributed by atoms with Gasteiger partial charge in [0.1, 0.15) is 5.60 Å². The van der Waals surface area contributed by atoms with Crippen molar-refractivity contribution in [3.63, 3.8) is 0 Å². The molecule has 3 rings (SSSR count). The van der Waals surface area contributed by atoms with Crippen LogP contribution in [-0.2, 0) is 14.7 Å². The topological polar surface area (TPSA) is 97.7 Å². The van der Waals surface area contributed by atoms with Gasteiger partial charge in [-0.3, -0.25) is 14.5 Å². The molecule has 1 aromatic heterocycles. The second kappa shape index (κ2) is 8.00. The van der Waals surface area contributed by atoms with Crippen molar-refractivity contribution in [1.82, 2.24) is 9.71 Å². The summed E-state index contributed by atoms with van der Waals surface area (Å²) < 4.78 is 24.9. The maximum atomic E-state index is 13.6. The fraction of sp³-hybridized carbons (Fsp3) is 0.190. The molecule has 1 unspecified atom stereocenters. The molecule has 0 aliphatic rings. The van der Waals surface area contributed by atoms with Gasteiger partial charge in [-0.1, -0.05) is 42.5 Å². The van der Waals surface area contributed by atoms with Crippen molar-refractivity contribution >= 4 is 32.7 Å². The third-order valence-corrected chi connectivity index (χ3v) is 5.58. The lowest BCUT2D eigenvalue weighted by molar-refractivity contribution is 0.0607. The maximum Gasteiger partial charge on any atom is 0.444 e. The number of hydrogen-bond acceptors (Lipinski definition) is 5. The molecule has 0 fully saturated rings. The van der Waals surface area contributed by atoms with Crippen LogP contribution in [-0.4, -0.2) is 26.8 Å². The van der Waals surface area contributed by atoms with E-state index in [1.807, 2.05) is 12.1 Å². The second-order valence-corrected chi connectivity index (χ2v) is 9.16. The quantitative estimate of drug-likeness (QED) is 0.691. The monoisotopic (exact) mass is 411 g/mol. The number of nitrogens with one attached hydrogen (secondary N) is 1. The predicted octanol–water partition coefficient (Wildman–Crippen LogP) is 4.34. The Bertz CT molecular complexity index is 1170. The van der Waals surface area contributed by atoms with E-state index >= 15 is 0 Å². The van der Waals surface area contributed by atoms with Crippen LogP contribution in [0.15, 0.2) is 76.2 Å². The Hall–Kier alpha value is -3.26. The van der Waals surface area contributed by atoms with Crippen LogP contribution in [0.1, 0.15) is 31.1 Å². The number of carbonyl (C=O) groups excluding carboxylic acids is 2. The fourth-order valence-electron chi connectivity index (χ4n) is 2.60. The molecule has 2 aromatic carbocycles. The molecular formula is C21H21N3O4S. The first-order chi connectivity index (χ1) is 13.7. The van der Waals surface area contributed by atoms with Gasteiger partial charge in [-0.15, -0.1) is 4.36 Å². The van der Waals surface area contributed by atoms with Crippen molar-refractivity contribution in [1.29, 1.82) is 0 Å². The highest BCUT2D eigenvalue weighted by molar-refractivity contribution is 7.92. The molecule has 0 saturated heterocycles. The molecule has 29 heavy (non-hydrogen) atoms. The Balaban J connectivity index is 2.05. The first kappa shape index (κ1) is 20.5. The summed E-state index contributed by atoms with van der Waals surface area (Å²) >= 11 is 0. The molecule has 0 radical (unpaired) electrons. The molecule has 0 saturated carbocycles. The van der Waals surface area contributed by atoms with E-state index in [0.29, 0.717) is 5.39 Å². The van der Waals surface area contributed by atoms with Crippen molar-refractivity contribution < 1.29 is 18.5 Å². The number of pyridine rings is 1. The third kappa shape index (κ3) is 4.97. The molecule has 150 valence electrons. The summed E-state index contributed by atoms with van der Waals surface area (Å²) in [6.07, 6.45) is 1.99. The Morgan fingerprint density at radius 2 is 1.66 bits per heavy atom. The van der Waals surface area contributed by atoms with Crippen LogP contribution < -0.4 is 4.72 Å². The van der Waals surface area contributed by atoms with Gasteiger partial charge in [0.15, 0.2) is 9.92 Å². The lowest BCUT2D eigenvalue weighted by Gasteiger charge is -2.18. The Morgan fingerprint density at radius 3 is 2.34 bits per heavy atom.